The van der Waals surface area contributed by atoms with Gasteiger partial charge in [0.05, 0.1) is 6.54 Å². The van der Waals surface area contributed by atoms with E-state index in [0.717, 1.165) is 12.1 Å². The second kappa shape index (κ2) is 8.44. The van der Waals surface area contributed by atoms with Crippen molar-refractivity contribution in [2.45, 2.75) is 26.4 Å². The van der Waals surface area contributed by atoms with Gasteiger partial charge in [0.2, 0.25) is 5.91 Å². The van der Waals surface area contributed by atoms with Gasteiger partial charge in [-0.25, -0.2) is 8.78 Å². The summed E-state index contributed by atoms with van der Waals surface area (Å²) in [6.07, 6.45) is 0. The van der Waals surface area contributed by atoms with Gasteiger partial charge in [-0.3, -0.25) is 9.59 Å². The van der Waals surface area contributed by atoms with E-state index in [0.29, 0.717) is 10.4 Å². The maximum Gasteiger partial charge on any atom is 0.257 e. The predicted octanol–water partition coefficient (Wildman–Crippen LogP) is 3.73. The Bertz CT molecular complexity index is 787. The highest BCUT2D eigenvalue weighted by atomic mass is 79.9. The van der Waals surface area contributed by atoms with E-state index < -0.39 is 35.1 Å². The summed E-state index contributed by atoms with van der Waals surface area (Å²) in [6.45, 7) is 3.66. The number of carbonyl (C=O) groups is 2. The summed E-state index contributed by atoms with van der Waals surface area (Å²) in [5, 5.41) is 2.44. The molecule has 1 aromatic carbocycles. The van der Waals surface area contributed by atoms with E-state index in [-0.39, 0.29) is 12.5 Å². The van der Waals surface area contributed by atoms with E-state index in [1.807, 2.05) is 0 Å². The number of hydrogen-bond donors (Lipinski definition) is 1. The molecule has 2 amide bonds. The highest BCUT2D eigenvalue weighted by Crippen LogP contribution is 2.17. The van der Waals surface area contributed by atoms with Crippen LogP contribution in [0.25, 0.3) is 0 Å². The lowest BCUT2D eigenvalue weighted by atomic mass is 10.0. The average molecular weight is 429 g/mol. The van der Waals surface area contributed by atoms with Gasteiger partial charge in [-0.1, -0.05) is 19.9 Å². The summed E-state index contributed by atoms with van der Waals surface area (Å²) in [6, 6.07) is 5.63. The molecule has 0 bridgehead atoms. The van der Waals surface area contributed by atoms with Crippen LogP contribution >= 0.6 is 15.9 Å². The van der Waals surface area contributed by atoms with Crippen LogP contribution in [-0.4, -0.2) is 29.8 Å². The number of likely N-dealkylation sites (N-methyl/N-ethyl adjacent to an activating group) is 1. The zero-order valence-electron chi connectivity index (χ0n) is 14.6. The molecule has 5 nitrogen and oxygen atoms in total. The molecule has 1 atom stereocenters. The van der Waals surface area contributed by atoms with Crippen LogP contribution in [0.4, 0.5) is 8.78 Å². The van der Waals surface area contributed by atoms with Crippen molar-refractivity contribution in [2.24, 2.45) is 5.92 Å². The Morgan fingerprint density at radius 2 is 1.81 bits per heavy atom. The maximum absolute atomic E-state index is 13.8. The molecule has 0 aliphatic heterocycles. The number of halogens is 3. The van der Waals surface area contributed by atoms with Gasteiger partial charge in [0.25, 0.3) is 5.91 Å². The molecule has 0 unspecified atom stereocenters. The fraction of sp³-hybridized carbons (Fsp3) is 0.333. The van der Waals surface area contributed by atoms with Crippen molar-refractivity contribution in [1.29, 1.82) is 0 Å². The number of hydrogen-bond acceptors (Lipinski definition) is 3. The summed E-state index contributed by atoms with van der Waals surface area (Å²) in [5.74, 6) is -3.05. The number of carbonyl (C=O) groups excluding carboxylic acids is 2. The van der Waals surface area contributed by atoms with Gasteiger partial charge in [0, 0.05) is 7.05 Å². The minimum Gasteiger partial charge on any atom is -0.452 e. The summed E-state index contributed by atoms with van der Waals surface area (Å²) >= 11 is 3.19. The molecular formula is C18H19BrF2N2O3. The Kier molecular flexibility index (Phi) is 6.52. The number of rotatable bonds is 6. The van der Waals surface area contributed by atoms with Gasteiger partial charge in [-0.05, 0) is 46.1 Å². The summed E-state index contributed by atoms with van der Waals surface area (Å²) < 4.78 is 33.5. The third-order valence-corrected chi connectivity index (χ3v) is 4.23. The first-order valence-corrected chi connectivity index (χ1v) is 8.74. The van der Waals surface area contributed by atoms with Crippen molar-refractivity contribution in [3.05, 3.63) is 58.0 Å². The van der Waals surface area contributed by atoms with Gasteiger partial charge < -0.3 is 14.6 Å². The van der Waals surface area contributed by atoms with Crippen LogP contribution in [0.3, 0.4) is 0 Å². The van der Waals surface area contributed by atoms with E-state index in [2.05, 4.69) is 21.2 Å². The van der Waals surface area contributed by atoms with Crippen LogP contribution in [0.2, 0.25) is 0 Å². The van der Waals surface area contributed by atoms with E-state index in [1.165, 1.54) is 11.0 Å². The van der Waals surface area contributed by atoms with Crippen LogP contribution in [0.1, 0.15) is 30.0 Å². The zero-order valence-corrected chi connectivity index (χ0v) is 16.1. The lowest BCUT2D eigenvalue weighted by Gasteiger charge is -2.26. The first-order chi connectivity index (χ1) is 12.2. The van der Waals surface area contributed by atoms with Crippen molar-refractivity contribution in [1.82, 2.24) is 10.2 Å². The topological polar surface area (TPSA) is 62.6 Å². The van der Waals surface area contributed by atoms with Gasteiger partial charge in [-0.2, -0.15) is 0 Å². The highest BCUT2D eigenvalue weighted by molar-refractivity contribution is 9.10. The molecule has 0 radical (unpaired) electrons. The number of amides is 2. The molecule has 0 aliphatic carbocycles. The molecule has 1 aromatic heterocycles. The average Bonchev–Trinajstić information content (AvgIpc) is 2.96. The van der Waals surface area contributed by atoms with Crippen LogP contribution in [-0.2, 0) is 11.3 Å². The quantitative estimate of drug-likeness (QED) is 0.762. The van der Waals surface area contributed by atoms with Crippen molar-refractivity contribution < 1.29 is 22.8 Å². The van der Waals surface area contributed by atoms with Crippen LogP contribution in [0.15, 0.2) is 39.4 Å². The molecule has 8 heteroatoms. The predicted molar refractivity (Wildman–Crippen MR) is 95.3 cm³/mol. The third kappa shape index (κ3) is 4.69. The molecule has 2 rings (SSSR count). The summed E-state index contributed by atoms with van der Waals surface area (Å²) in [4.78, 5) is 26.4. The number of nitrogens with one attached hydrogen (secondary N) is 1. The highest BCUT2D eigenvalue weighted by Gasteiger charge is 2.29. The van der Waals surface area contributed by atoms with E-state index in [9.17, 15) is 18.4 Å². The molecule has 0 aliphatic rings. The maximum atomic E-state index is 13.8. The van der Waals surface area contributed by atoms with Gasteiger partial charge in [-0.15, -0.1) is 0 Å². The van der Waals surface area contributed by atoms with E-state index in [1.54, 1.807) is 33.0 Å². The zero-order chi connectivity index (χ0) is 19.4. The second-order valence-corrected chi connectivity index (χ2v) is 6.97. The molecule has 0 spiro atoms. The van der Waals surface area contributed by atoms with Crippen LogP contribution < -0.4 is 5.32 Å². The summed E-state index contributed by atoms with van der Waals surface area (Å²) in [7, 11) is 1.56. The number of furan rings is 1. The Morgan fingerprint density at radius 3 is 2.31 bits per heavy atom. The Morgan fingerprint density at radius 1 is 1.19 bits per heavy atom. The van der Waals surface area contributed by atoms with Crippen molar-refractivity contribution in [3.63, 3.8) is 0 Å². The van der Waals surface area contributed by atoms with Gasteiger partial charge in [0.1, 0.15) is 29.0 Å². The van der Waals surface area contributed by atoms with Crippen molar-refractivity contribution in [2.75, 3.05) is 7.05 Å². The molecule has 1 heterocycles. The fourth-order valence-corrected chi connectivity index (χ4v) is 2.77. The first kappa shape index (κ1) is 20.1. The Labute approximate surface area is 158 Å². The SMILES string of the molecule is CC(C)[C@H](NC(=O)c1c(F)cccc1F)C(=O)N(C)Cc1ccc(Br)o1. The van der Waals surface area contributed by atoms with Crippen LogP contribution in [0.5, 0.6) is 0 Å². The van der Waals surface area contributed by atoms with E-state index in [4.69, 9.17) is 4.42 Å². The molecule has 140 valence electrons. The molecule has 0 saturated carbocycles. The molecular weight excluding hydrogens is 410 g/mol. The standard InChI is InChI=1S/C18H19BrF2N2O3/c1-10(2)16(18(25)23(3)9-11-7-8-14(19)26-11)22-17(24)15-12(20)5-4-6-13(15)21/h4-8,10,16H,9H2,1-3H3,(H,22,24)/t16-/m0/s1. The smallest absolute Gasteiger partial charge is 0.257 e. The number of nitrogens with zero attached hydrogens (tertiary/aromatic N) is 1. The minimum atomic E-state index is -0.980. The normalized spacial score (nSPS) is 12.1. The molecule has 2 aromatic rings. The molecule has 26 heavy (non-hydrogen) atoms. The molecule has 0 saturated heterocycles. The largest absolute Gasteiger partial charge is 0.452 e. The van der Waals surface area contributed by atoms with E-state index >= 15 is 0 Å². The van der Waals surface area contributed by atoms with Crippen LogP contribution in [0, 0.1) is 17.6 Å². The molecule has 0 fully saturated rings. The third-order valence-electron chi connectivity index (χ3n) is 3.81. The van der Waals surface area contributed by atoms with Crippen molar-refractivity contribution >= 4 is 27.7 Å². The lowest BCUT2D eigenvalue weighted by molar-refractivity contribution is -0.133. The van der Waals surface area contributed by atoms with Gasteiger partial charge >= 0.3 is 0 Å². The van der Waals surface area contributed by atoms with Crippen molar-refractivity contribution in [3.8, 4) is 0 Å². The lowest BCUT2D eigenvalue weighted by Crippen LogP contribution is -2.50. The molecule has 1 N–H and O–H groups in total. The first-order valence-electron chi connectivity index (χ1n) is 7.94. The second-order valence-electron chi connectivity index (χ2n) is 6.19. The monoisotopic (exact) mass is 428 g/mol. The Balaban J connectivity index is 2.14. The minimum absolute atomic E-state index is 0.192. The fourth-order valence-electron chi connectivity index (χ4n) is 2.43. The Hall–Kier alpha value is -2.22. The number of benzene rings is 1. The van der Waals surface area contributed by atoms with Gasteiger partial charge in [0.15, 0.2) is 4.67 Å². The summed E-state index contributed by atoms with van der Waals surface area (Å²) in [5.41, 5.74) is -0.705.